The molecule has 0 saturated carbocycles. The molecule has 0 radical (unpaired) electrons. The first-order chi connectivity index (χ1) is 9.74. The molecule has 1 aliphatic heterocycles. The number of carbonyl (C=O) groups is 1. The van der Waals surface area contributed by atoms with Crippen LogP contribution in [0.1, 0.15) is 12.2 Å². The van der Waals surface area contributed by atoms with Crippen LogP contribution in [0.25, 0.3) is 11.3 Å². The minimum atomic E-state index is -0.0257. The van der Waals surface area contributed by atoms with Crippen molar-refractivity contribution in [1.29, 1.82) is 0 Å². The van der Waals surface area contributed by atoms with Crippen molar-refractivity contribution in [1.82, 2.24) is 15.3 Å². The third-order valence-electron chi connectivity index (χ3n) is 3.51. The predicted octanol–water partition coefficient (Wildman–Crippen LogP) is 1.40. The van der Waals surface area contributed by atoms with Crippen LogP contribution in [0.3, 0.4) is 0 Å². The monoisotopic (exact) mass is 268 g/mol. The summed E-state index contributed by atoms with van der Waals surface area (Å²) < 4.78 is 0. The Morgan fingerprint density at radius 1 is 1.30 bits per heavy atom. The van der Waals surface area contributed by atoms with E-state index < -0.39 is 0 Å². The molecule has 1 aromatic carbocycles. The summed E-state index contributed by atoms with van der Waals surface area (Å²) in [5.41, 5.74) is 8.20. The van der Waals surface area contributed by atoms with E-state index >= 15 is 0 Å². The molecule has 3 rings (SSSR count). The first kappa shape index (κ1) is 12.6. The number of nitrogens with one attached hydrogen (secondary N) is 1. The van der Waals surface area contributed by atoms with Gasteiger partial charge in [0.05, 0.1) is 17.6 Å². The SMILES string of the molecule is Nc1cnc(C[C@H]2CCNC2=O)nc1-c1ccccc1. The second-order valence-corrected chi connectivity index (χ2v) is 4.94. The van der Waals surface area contributed by atoms with Crippen molar-refractivity contribution < 1.29 is 4.79 Å². The molecule has 0 bridgehead atoms. The maximum Gasteiger partial charge on any atom is 0.223 e. The van der Waals surface area contributed by atoms with Gasteiger partial charge in [0.15, 0.2) is 0 Å². The highest BCUT2D eigenvalue weighted by molar-refractivity contribution is 5.80. The first-order valence-electron chi connectivity index (χ1n) is 6.68. The Balaban J connectivity index is 1.89. The van der Waals surface area contributed by atoms with Crippen LogP contribution in [0.15, 0.2) is 36.5 Å². The number of carbonyl (C=O) groups excluding carboxylic acids is 1. The fourth-order valence-corrected chi connectivity index (χ4v) is 2.41. The topological polar surface area (TPSA) is 80.9 Å². The van der Waals surface area contributed by atoms with Gasteiger partial charge in [-0.3, -0.25) is 4.79 Å². The lowest BCUT2D eigenvalue weighted by atomic mass is 10.0. The van der Waals surface area contributed by atoms with Crippen molar-refractivity contribution in [2.75, 3.05) is 12.3 Å². The summed E-state index contributed by atoms with van der Waals surface area (Å²) in [5, 5.41) is 2.83. The van der Waals surface area contributed by atoms with Crippen LogP contribution in [0.4, 0.5) is 5.69 Å². The normalized spacial score (nSPS) is 18.0. The molecule has 1 atom stereocenters. The molecular formula is C15H16N4O. The molecule has 3 N–H and O–H groups in total. The second-order valence-electron chi connectivity index (χ2n) is 4.94. The molecule has 0 aliphatic carbocycles. The average molecular weight is 268 g/mol. The summed E-state index contributed by atoms with van der Waals surface area (Å²) in [6.45, 7) is 0.740. The van der Waals surface area contributed by atoms with E-state index in [1.165, 1.54) is 0 Å². The number of hydrogen-bond acceptors (Lipinski definition) is 4. The maximum absolute atomic E-state index is 11.6. The number of amides is 1. The summed E-state index contributed by atoms with van der Waals surface area (Å²) in [4.78, 5) is 20.4. The maximum atomic E-state index is 11.6. The molecule has 1 amide bonds. The zero-order valence-corrected chi connectivity index (χ0v) is 11.0. The summed E-state index contributed by atoms with van der Waals surface area (Å²) in [7, 11) is 0. The average Bonchev–Trinajstić information content (AvgIpc) is 2.87. The number of benzene rings is 1. The van der Waals surface area contributed by atoms with Crippen LogP contribution in [0.5, 0.6) is 0 Å². The van der Waals surface area contributed by atoms with Gasteiger partial charge in [0.2, 0.25) is 5.91 Å². The molecule has 2 aromatic rings. The van der Waals surface area contributed by atoms with Crippen LogP contribution in [0.2, 0.25) is 0 Å². The molecule has 2 heterocycles. The fourth-order valence-electron chi connectivity index (χ4n) is 2.41. The zero-order valence-electron chi connectivity index (χ0n) is 11.0. The van der Waals surface area contributed by atoms with Crippen LogP contribution >= 0.6 is 0 Å². The van der Waals surface area contributed by atoms with Gasteiger partial charge in [-0.05, 0) is 6.42 Å². The Bertz CT molecular complexity index is 627. The van der Waals surface area contributed by atoms with Crippen LogP contribution in [-0.4, -0.2) is 22.4 Å². The number of aromatic nitrogens is 2. The quantitative estimate of drug-likeness (QED) is 0.881. The molecule has 1 fully saturated rings. The number of nitrogens with two attached hydrogens (primary N) is 1. The Morgan fingerprint density at radius 3 is 2.80 bits per heavy atom. The van der Waals surface area contributed by atoms with E-state index in [9.17, 15) is 4.79 Å². The summed E-state index contributed by atoms with van der Waals surface area (Å²) in [6.07, 6.45) is 3.02. The van der Waals surface area contributed by atoms with Gasteiger partial charge in [0.25, 0.3) is 0 Å². The summed E-state index contributed by atoms with van der Waals surface area (Å²) in [5.74, 6) is 0.731. The van der Waals surface area contributed by atoms with E-state index in [-0.39, 0.29) is 11.8 Å². The van der Waals surface area contributed by atoms with Gasteiger partial charge in [0.1, 0.15) is 5.82 Å². The third-order valence-corrected chi connectivity index (χ3v) is 3.51. The molecule has 5 nitrogen and oxygen atoms in total. The minimum Gasteiger partial charge on any atom is -0.396 e. The Hall–Kier alpha value is -2.43. The molecule has 0 unspecified atom stereocenters. The Morgan fingerprint density at radius 2 is 2.10 bits per heavy atom. The van der Waals surface area contributed by atoms with Crippen molar-refractivity contribution in [2.24, 2.45) is 5.92 Å². The standard InChI is InChI=1S/C15H16N4O/c16-12-9-18-13(8-11-6-7-17-15(11)20)19-14(12)10-4-2-1-3-5-10/h1-5,9,11H,6-8,16H2,(H,17,20)/t11-/m1/s1. The van der Waals surface area contributed by atoms with Gasteiger partial charge in [0, 0.05) is 24.4 Å². The number of nitrogen functional groups attached to an aromatic ring is 1. The summed E-state index contributed by atoms with van der Waals surface area (Å²) in [6, 6.07) is 9.77. The second kappa shape index (κ2) is 5.28. The van der Waals surface area contributed by atoms with E-state index in [1.54, 1.807) is 6.20 Å². The van der Waals surface area contributed by atoms with Crippen LogP contribution in [0, 0.1) is 5.92 Å². The molecule has 102 valence electrons. The molecule has 1 aromatic heterocycles. The van der Waals surface area contributed by atoms with E-state index in [4.69, 9.17) is 5.73 Å². The molecule has 20 heavy (non-hydrogen) atoms. The number of hydrogen-bond donors (Lipinski definition) is 2. The number of nitrogens with zero attached hydrogens (tertiary/aromatic N) is 2. The lowest BCUT2D eigenvalue weighted by Gasteiger charge is -2.09. The third kappa shape index (κ3) is 2.47. The summed E-state index contributed by atoms with van der Waals surface area (Å²) >= 11 is 0. The lowest BCUT2D eigenvalue weighted by molar-refractivity contribution is -0.122. The molecule has 1 aliphatic rings. The highest BCUT2D eigenvalue weighted by Crippen LogP contribution is 2.23. The molecule has 0 spiro atoms. The van der Waals surface area contributed by atoms with Crippen molar-refractivity contribution in [3.05, 3.63) is 42.4 Å². The largest absolute Gasteiger partial charge is 0.396 e. The zero-order chi connectivity index (χ0) is 13.9. The van der Waals surface area contributed by atoms with Crippen molar-refractivity contribution in [2.45, 2.75) is 12.8 Å². The van der Waals surface area contributed by atoms with E-state index in [0.29, 0.717) is 17.9 Å². The Labute approximate surface area is 117 Å². The van der Waals surface area contributed by atoms with Gasteiger partial charge in [-0.15, -0.1) is 0 Å². The van der Waals surface area contributed by atoms with E-state index in [0.717, 1.165) is 24.2 Å². The first-order valence-corrected chi connectivity index (χ1v) is 6.68. The van der Waals surface area contributed by atoms with Gasteiger partial charge >= 0.3 is 0 Å². The Kier molecular flexibility index (Phi) is 3.33. The highest BCUT2D eigenvalue weighted by atomic mass is 16.2. The fraction of sp³-hybridized carbons (Fsp3) is 0.267. The van der Waals surface area contributed by atoms with Gasteiger partial charge in [-0.25, -0.2) is 9.97 Å². The van der Waals surface area contributed by atoms with Crippen molar-refractivity contribution >= 4 is 11.6 Å². The van der Waals surface area contributed by atoms with Crippen molar-refractivity contribution in [3.8, 4) is 11.3 Å². The molecule has 5 heteroatoms. The van der Waals surface area contributed by atoms with Gasteiger partial charge in [-0.1, -0.05) is 30.3 Å². The smallest absolute Gasteiger partial charge is 0.223 e. The number of rotatable bonds is 3. The highest BCUT2D eigenvalue weighted by Gasteiger charge is 2.25. The van der Waals surface area contributed by atoms with Crippen LogP contribution < -0.4 is 11.1 Å². The van der Waals surface area contributed by atoms with Gasteiger partial charge in [-0.2, -0.15) is 0 Å². The van der Waals surface area contributed by atoms with E-state index in [2.05, 4.69) is 15.3 Å². The van der Waals surface area contributed by atoms with E-state index in [1.807, 2.05) is 30.3 Å². The molecule has 1 saturated heterocycles. The minimum absolute atomic E-state index is 0.0257. The lowest BCUT2D eigenvalue weighted by Crippen LogP contribution is -2.21. The molecular weight excluding hydrogens is 252 g/mol. The van der Waals surface area contributed by atoms with Crippen molar-refractivity contribution in [3.63, 3.8) is 0 Å². The van der Waals surface area contributed by atoms with Gasteiger partial charge < -0.3 is 11.1 Å². The van der Waals surface area contributed by atoms with Crippen LogP contribution in [-0.2, 0) is 11.2 Å². The predicted molar refractivity (Wildman–Crippen MR) is 76.7 cm³/mol. The number of anilines is 1.